The lowest BCUT2D eigenvalue weighted by Gasteiger charge is -2.42. The van der Waals surface area contributed by atoms with Crippen molar-refractivity contribution >= 4 is 17.1 Å². The van der Waals surface area contributed by atoms with Gasteiger partial charge < -0.3 is 14.2 Å². The molecule has 5 aliphatic rings. The zero-order chi connectivity index (χ0) is 34.7. The van der Waals surface area contributed by atoms with E-state index >= 15 is 0 Å². The highest BCUT2D eigenvalue weighted by Crippen LogP contribution is 2.68. The lowest BCUT2D eigenvalue weighted by atomic mass is 9.82. The number of para-hydroxylation sites is 1. The van der Waals surface area contributed by atoms with Gasteiger partial charge in [-0.25, -0.2) is 0 Å². The smallest absolute Gasteiger partial charge is 0.156 e. The summed E-state index contributed by atoms with van der Waals surface area (Å²) in [5, 5.41) is 0. The van der Waals surface area contributed by atoms with E-state index in [9.17, 15) is 0 Å². The zero-order valence-electron chi connectivity index (χ0n) is 29.3. The molecule has 0 fully saturated rings. The number of anilines is 3. The van der Waals surface area contributed by atoms with Gasteiger partial charge in [0, 0.05) is 10.8 Å². The molecule has 0 N–H and O–H groups in total. The molecular weight excluding hydrogens is 639 g/mol. The molecule has 0 unspecified atom stereocenters. The van der Waals surface area contributed by atoms with Crippen LogP contribution in [0.1, 0.15) is 49.9 Å². The fourth-order valence-electron chi connectivity index (χ4n) is 9.80. The van der Waals surface area contributed by atoms with Crippen molar-refractivity contribution in [3.8, 4) is 79.0 Å². The molecule has 12 rings (SSSR count). The first-order chi connectivity index (χ1) is 25.3. The molecule has 7 aromatic carbocycles. The number of nitrogens with zero attached hydrogens (tertiary/aromatic N) is 1. The minimum Gasteiger partial charge on any atom is -0.453 e. The standard InChI is InChI=1S/C48H33NO3/c1-47(2)32-16-7-5-12-30(32)42-28(14-9-18-34(42)47)26-22-38-45-40(24-26)52-41-25-27(23-39-46(41)49(45)44-36(50-38)20-11-21-37(44)51-39)29-15-10-19-35-43(29)31-13-6-8-17-33(31)48(35,3)4/h5-25H,1-4H3. The Morgan fingerprint density at radius 3 is 1.17 bits per heavy atom. The first kappa shape index (κ1) is 28.4. The Labute approximate surface area is 302 Å². The van der Waals surface area contributed by atoms with Gasteiger partial charge in [0.1, 0.15) is 17.1 Å². The molecule has 52 heavy (non-hydrogen) atoms. The van der Waals surface area contributed by atoms with E-state index in [1.165, 1.54) is 55.6 Å². The maximum atomic E-state index is 7.03. The highest BCUT2D eigenvalue weighted by molar-refractivity contribution is 6.03. The van der Waals surface area contributed by atoms with E-state index in [0.717, 1.165) is 62.7 Å². The van der Waals surface area contributed by atoms with Crippen molar-refractivity contribution in [3.63, 3.8) is 0 Å². The van der Waals surface area contributed by atoms with Crippen LogP contribution < -0.4 is 19.1 Å². The first-order valence-electron chi connectivity index (χ1n) is 18.1. The van der Waals surface area contributed by atoms with Crippen LogP contribution in [0.4, 0.5) is 17.1 Å². The monoisotopic (exact) mass is 671 g/mol. The summed E-state index contributed by atoms with van der Waals surface area (Å²) < 4.78 is 20.5. The Kier molecular flexibility index (Phi) is 5.11. The predicted molar refractivity (Wildman–Crippen MR) is 207 cm³/mol. The van der Waals surface area contributed by atoms with Gasteiger partial charge in [0.25, 0.3) is 0 Å². The predicted octanol–water partition coefficient (Wildman–Crippen LogP) is 13.4. The summed E-state index contributed by atoms with van der Waals surface area (Å²) in [6.07, 6.45) is 0. The van der Waals surface area contributed by atoms with Crippen molar-refractivity contribution < 1.29 is 14.2 Å². The second-order valence-electron chi connectivity index (χ2n) is 15.7. The first-order valence-corrected chi connectivity index (χ1v) is 18.1. The SMILES string of the molecule is CC1(C)c2ccccc2-c2c(-c3cc4c5c(c3)Oc3cc(-c6cccc7c6-c6ccccc6C7(C)C)cc6c3N5c3c(cccc3O6)O4)cccc21. The van der Waals surface area contributed by atoms with Crippen LogP contribution in [0.5, 0.6) is 34.5 Å². The molecule has 0 bridgehead atoms. The maximum Gasteiger partial charge on any atom is 0.156 e. The third-order valence-electron chi connectivity index (χ3n) is 12.2. The van der Waals surface area contributed by atoms with Gasteiger partial charge in [0.2, 0.25) is 0 Å². The van der Waals surface area contributed by atoms with Crippen LogP contribution in [0.25, 0.3) is 44.5 Å². The average molecular weight is 672 g/mol. The average Bonchev–Trinajstić information content (AvgIpc) is 3.54. The number of ether oxygens (including phenoxy) is 3. The van der Waals surface area contributed by atoms with Gasteiger partial charge in [-0.05, 0) is 103 Å². The summed E-state index contributed by atoms with van der Waals surface area (Å²) >= 11 is 0. The van der Waals surface area contributed by atoms with Gasteiger partial charge in [-0.3, -0.25) is 4.90 Å². The highest BCUT2D eigenvalue weighted by Gasteiger charge is 2.44. The zero-order valence-corrected chi connectivity index (χ0v) is 29.3. The summed E-state index contributed by atoms with van der Waals surface area (Å²) in [6, 6.07) is 45.8. The lowest BCUT2D eigenvalue weighted by Crippen LogP contribution is -2.24. The van der Waals surface area contributed by atoms with Crippen LogP contribution in [0, 0.1) is 0 Å². The topological polar surface area (TPSA) is 30.9 Å². The van der Waals surface area contributed by atoms with Crippen LogP contribution >= 0.6 is 0 Å². The van der Waals surface area contributed by atoms with Crippen LogP contribution in [0.2, 0.25) is 0 Å². The Hall–Kier alpha value is -6.26. The second kappa shape index (κ2) is 9.34. The quantitative estimate of drug-likeness (QED) is 0.183. The van der Waals surface area contributed by atoms with Gasteiger partial charge in [-0.1, -0.05) is 119 Å². The van der Waals surface area contributed by atoms with Crippen molar-refractivity contribution in [2.75, 3.05) is 4.90 Å². The van der Waals surface area contributed by atoms with Gasteiger partial charge >= 0.3 is 0 Å². The summed E-state index contributed by atoms with van der Waals surface area (Å²) in [7, 11) is 0. The lowest BCUT2D eigenvalue weighted by molar-refractivity contribution is 0.418. The van der Waals surface area contributed by atoms with E-state index in [1.54, 1.807) is 0 Å². The van der Waals surface area contributed by atoms with Crippen LogP contribution in [-0.4, -0.2) is 0 Å². The van der Waals surface area contributed by atoms with Crippen LogP contribution in [-0.2, 0) is 10.8 Å². The number of hydrogen-bond donors (Lipinski definition) is 0. The molecule has 0 saturated heterocycles. The van der Waals surface area contributed by atoms with E-state index in [0.29, 0.717) is 0 Å². The van der Waals surface area contributed by atoms with E-state index in [1.807, 2.05) is 18.2 Å². The summed E-state index contributed by atoms with van der Waals surface area (Å²) in [5.74, 6) is 4.59. The fraction of sp³-hybridized carbons (Fsp3) is 0.125. The number of hydrogen-bond acceptors (Lipinski definition) is 4. The third-order valence-corrected chi connectivity index (χ3v) is 12.2. The molecule has 3 aliphatic heterocycles. The molecule has 0 spiro atoms. The summed E-state index contributed by atoms with van der Waals surface area (Å²) in [6.45, 7) is 9.30. The van der Waals surface area contributed by atoms with Gasteiger partial charge in [0.05, 0.1) is 0 Å². The number of fused-ring (bicyclic) bond motifs is 6. The van der Waals surface area contributed by atoms with Crippen LogP contribution in [0.3, 0.4) is 0 Å². The molecule has 0 radical (unpaired) electrons. The Morgan fingerprint density at radius 2 is 0.712 bits per heavy atom. The molecule has 3 heterocycles. The Bertz CT molecular complexity index is 2600. The van der Waals surface area contributed by atoms with Gasteiger partial charge in [0.15, 0.2) is 34.5 Å². The maximum absolute atomic E-state index is 7.03. The van der Waals surface area contributed by atoms with Crippen molar-refractivity contribution in [2.24, 2.45) is 0 Å². The molecule has 4 nitrogen and oxygen atoms in total. The van der Waals surface area contributed by atoms with Gasteiger partial charge in [-0.2, -0.15) is 0 Å². The molecule has 4 heteroatoms. The number of benzene rings is 7. The van der Waals surface area contributed by atoms with E-state index in [4.69, 9.17) is 14.2 Å². The molecule has 0 atom stereocenters. The molecule has 0 aromatic heterocycles. The largest absolute Gasteiger partial charge is 0.453 e. The molecule has 7 aromatic rings. The van der Waals surface area contributed by atoms with Gasteiger partial charge in [-0.15, -0.1) is 0 Å². The van der Waals surface area contributed by atoms with E-state index in [2.05, 4.69) is 142 Å². The van der Waals surface area contributed by atoms with Crippen molar-refractivity contribution in [1.29, 1.82) is 0 Å². The minimum atomic E-state index is -0.0976. The summed E-state index contributed by atoms with van der Waals surface area (Å²) in [5.41, 5.74) is 17.5. The van der Waals surface area contributed by atoms with Crippen LogP contribution in [0.15, 0.2) is 127 Å². The Balaban J connectivity index is 1.08. The van der Waals surface area contributed by atoms with Crippen molar-refractivity contribution in [3.05, 3.63) is 150 Å². The van der Waals surface area contributed by atoms with Crippen molar-refractivity contribution in [2.45, 2.75) is 38.5 Å². The highest BCUT2D eigenvalue weighted by atomic mass is 16.5. The van der Waals surface area contributed by atoms with E-state index in [-0.39, 0.29) is 10.8 Å². The molecular formula is C48H33NO3. The second-order valence-corrected chi connectivity index (χ2v) is 15.7. The molecule has 0 amide bonds. The minimum absolute atomic E-state index is 0.0976. The fourth-order valence-corrected chi connectivity index (χ4v) is 9.80. The Morgan fingerprint density at radius 1 is 0.365 bits per heavy atom. The molecule has 0 saturated carbocycles. The summed E-state index contributed by atoms with van der Waals surface area (Å²) in [4.78, 5) is 2.30. The van der Waals surface area contributed by atoms with Crippen molar-refractivity contribution in [1.82, 2.24) is 0 Å². The number of rotatable bonds is 2. The third kappa shape index (κ3) is 3.38. The van der Waals surface area contributed by atoms with E-state index < -0.39 is 0 Å². The molecule has 2 aliphatic carbocycles. The normalized spacial score (nSPS) is 16.0. The molecule has 248 valence electrons.